The molecule has 9 N–H and O–H groups in total. The Bertz CT molecular complexity index is 885. The second kappa shape index (κ2) is 14.3. The van der Waals surface area contributed by atoms with E-state index in [0.717, 1.165) is 0 Å². The Morgan fingerprint density at radius 3 is 1.88 bits per heavy atom. The average Bonchev–Trinajstić information content (AvgIpc) is 2.79. The average molecular weight is 516 g/mol. The molecule has 0 bridgehead atoms. The fraction of sp³-hybridized carbons (Fsp3) is 0.450. The minimum absolute atomic E-state index is 0.00458. The van der Waals surface area contributed by atoms with Crippen LogP contribution in [-0.2, 0) is 30.4 Å². The molecule has 4 amide bonds. The highest BCUT2D eigenvalue weighted by atomic mass is 32.1. The van der Waals surface area contributed by atoms with Crippen molar-refractivity contribution in [3.63, 3.8) is 0 Å². The highest BCUT2D eigenvalue weighted by Crippen LogP contribution is 2.12. The highest BCUT2D eigenvalue weighted by molar-refractivity contribution is 7.80. The van der Waals surface area contributed by atoms with Crippen LogP contribution < -0.4 is 27.4 Å². The molecule has 34 heavy (non-hydrogen) atoms. The number of hydrogen-bond donors (Lipinski definition) is 9. The molecule has 0 heterocycles. The quantitative estimate of drug-likeness (QED) is 0.125. The first-order chi connectivity index (χ1) is 16.0. The maximum absolute atomic E-state index is 12.8. The number of benzene rings is 1. The van der Waals surface area contributed by atoms with E-state index in [2.05, 4.69) is 41.2 Å². The Hall–Kier alpha value is -2.97. The number of hydrogen-bond acceptors (Lipinski definition) is 9. The van der Waals surface area contributed by atoms with Crippen molar-refractivity contribution in [2.24, 2.45) is 11.5 Å². The van der Waals surface area contributed by atoms with Crippen molar-refractivity contribution in [3.8, 4) is 5.75 Å². The van der Waals surface area contributed by atoms with E-state index in [1.54, 1.807) is 0 Å². The van der Waals surface area contributed by atoms with Gasteiger partial charge in [-0.15, -0.1) is 0 Å². The molecule has 0 spiro atoms. The van der Waals surface area contributed by atoms with E-state index in [1.165, 1.54) is 24.3 Å². The van der Waals surface area contributed by atoms with Crippen LogP contribution in [0.3, 0.4) is 0 Å². The number of carboxylic acid groups (broad SMARTS) is 1. The Morgan fingerprint density at radius 1 is 0.853 bits per heavy atom. The fourth-order valence-electron chi connectivity index (χ4n) is 2.72. The summed E-state index contributed by atoms with van der Waals surface area (Å²) in [4.78, 5) is 60.4. The maximum Gasteiger partial charge on any atom is 0.326 e. The van der Waals surface area contributed by atoms with Crippen molar-refractivity contribution in [2.45, 2.75) is 43.4 Å². The van der Waals surface area contributed by atoms with Gasteiger partial charge in [0.25, 0.3) is 0 Å². The molecule has 1 rings (SSSR count). The molecule has 14 heteroatoms. The van der Waals surface area contributed by atoms with Crippen LogP contribution in [0.4, 0.5) is 0 Å². The lowest BCUT2D eigenvalue weighted by atomic mass is 10.0. The summed E-state index contributed by atoms with van der Waals surface area (Å²) in [6, 6.07) is 0.938. The van der Waals surface area contributed by atoms with Gasteiger partial charge in [0, 0.05) is 24.3 Å². The Balaban J connectivity index is 2.95. The fourth-order valence-corrected chi connectivity index (χ4v) is 3.15. The third-order valence-electron chi connectivity index (χ3n) is 4.65. The van der Waals surface area contributed by atoms with Gasteiger partial charge >= 0.3 is 5.97 Å². The largest absolute Gasteiger partial charge is 0.508 e. The van der Waals surface area contributed by atoms with Crippen LogP contribution in [0.15, 0.2) is 24.3 Å². The first-order valence-electron chi connectivity index (χ1n) is 10.2. The van der Waals surface area contributed by atoms with Gasteiger partial charge in [-0.25, -0.2) is 4.79 Å². The van der Waals surface area contributed by atoms with E-state index in [-0.39, 0.29) is 36.5 Å². The van der Waals surface area contributed by atoms with Gasteiger partial charge in [-0.3, -0.25) is 19.2 Å². The molecule has 0 aliphatic rings. The van der Waals surface area contributed by atoms with E-state index < -0.39 is 53.8 Å². The number of phenolic OH excluding ortho intramolecular Hbond substituents is 1. The lowest BCUT2D eigenvalue weighted by Gasteiger charge is -2.24. The van der Waals surface area contributed by atoms with E-state index in [9.17, 15) is 34.2 Å². The number of aliphatic carboxylic acids is 1. The van der Waals surface area contributed by atoms with Crippen molar-refractivity contribution in [3.05, 3.63) is 29.8 Å². The number of amides is 4. The molecule has 0 saturated carbocycles. The van der Waals surface area contributed by atoms with Crippen LogP contribution in [0, 0.1) is 0 Å². The van der Waals surface area contributed by atoms with Crippen molar-refractivity contribution in [1.29, 1.82) is 0 Å². The van der Waals surface area contributed by atoms with E-state index in [1.807, 2.05) is 0 Å². The molecule has 1 aromatic rings. The topological polar surface area (TPSA) is 214 Å². The molecule has 0 radical (unpaired) electrons. The normalized spacial score (nSPS) is 14.2. The summed E-state index contributed by atoms with van der Waals surface area (Å²) in [5.41, 5.74) is 11.3. The molecule has 1 aromatic carbocycles. The van der Waals surface area contributed by atoms with Gasteiger partial charge in [-0.1, -0.05) is 12.1 Å². The van der Waals surface area contributed by atoms with Gasteiger partial charge in [-0.05, 0) is 24.1 Å². The van der Waals surface area contributed by atoms with Crippen LogP contribution in [0.2, 0.25) is 0 Å². The van der Waals surface area contributed by atoms with Gasteiger partial charge in [0.2, 0.25) is 23.6 Å². The zero-order chi connectivity index (χ0) is 25.8. The molecule has 188 valence electrons. The van der Waals surface area contributed by atoms with Gasteiger partial charge in [0.1, 0.15) is 23.9 Å². The van der Waals surface area contributed by atoms with Crippen molar-refractivity contribution in [2.75, 3.05) is 11.5 Å². The minimum Gasteiger partial charge on any atom is -0.508 e. The number of carbonyl (C=O) groups is 5. The third-order valence-corrected chi connectivity index (χ3v) is 5.41. The Labute approximate surface area is 207 Å². The highest BCUT2D eigenvalue weighted by Gasteiger charge is 2.30. The van der Waals surface area contributed by atoms with Crippen LogP contribution >= 0.6 is 25.3 Å². The number of rotatable bonds is 14. The molecule has 0 fully saturated rings. The number of carbonyl (C=O) groups excluding carboxylic acids is 4. The number of carboxylic acids is 1. The van der Waals surface area contributed by atoms with Crippen LogP contribution in [-0.4, -0.2) is 75.5 Å². The minimum atomic E-state index is -1.36. The molecule has 0 saturated heterocycles. The monoisotopic (exact) mass is 515 g/mol. The number of thiol groups is 2. The molecule has 0 aromatic heterocycles. The molecular formula is C20H29N5O7S2. The summed E-state index contributed by atoms with van der Waals surface area (Å²) in [5, 5.41) is 26.0. The second-order valence-corrected chi connectivity index (χ2v) is 8.10. The predicted octanol–water partition coefficient (Wildman–Crippen LogP) is -2.07. The molecular weight excluding hydrogens is 486 g/mol. The first kappa shape index (κ1) is 29.1. The zero-order valence-corrected chi connectivity index (χ0v) is 19.9. The first-order valence-corrected chi connectivity index (χ1v) is 11.4. The lowest BCUT2D eigenvalue weighted by molar-refractivity contribution is -0.142. The molecule has 4 atom stereocenters. The number of primary amides is 1. The van der Waals surface area contributed by atoms with E-state index >= 15 is 0 Å². The third kappa shape index (κ3) is 9.89. The predicted molar refractivity (Wildman–Crippen MR) is 129 cm³/mol. The van der Waals surface area contributed by atoms with Gasteiger partial charge in [-0.2, -0.15) is 25.3 Å². The summed E-state index contributed by atoms with van der Waals surface area (Å²) in [6.45, 7) is 0. The van der Waals surface area contributed by atoms with Crippen LogP contribution in [0.25, 0.3) is 0 Å². The number of nitrogens with one attached hydrogen (secondary N) is 3. The SMILES string of the molecule is NC(=O)CCC(NC(=O)C(CS)NC(=O)C(N)CS)C(=O)NC(Cc1ccc(O)cc1)C(=O)O. The van der Waals surface area contributed by atoms with Gasteiger partial charge < -0.3 is 37.6 Å². The maximum atomic E-state index is 12.8. The van der Waals surface area contributed by atoms with Crippen LogP contribution in [0.5, 0.6) is 5.75 Å². The van der Waals surface area contributed by atoms with Gasteiger partial charge in [0.05, 0.1) is 6.04 Å². The smallest absolute Gasteiger partial charge is 0.326 e. The molecule has 12 nitrogen and oxygen atoms in total. The van der Waals surface area contributed by atoms with Crippen molar-refractivity contribution in [1.82, 2.24) is 16.0 Å². The standard InChI is InChI=1S/C20H29N5O7S2/c21-12(8-33)17(28)25-15(9-34)19(30)23-13(5-6-16(22)27)18(29)24-14(20(31)32)7-10-1-3-11(26)4-2-10/h1-4,12-15,26,33-34H,5-9,21H2,(H2,22,27)(H,23,30)(H,24,29)(H,25,28)(H,31,32). The second-order valence-electron chi connectivity index (χ2n) is 7.37. The summed E-state index contributed by atoms with van der Waals surface area (Å²) < 4.78 is 0. The summed E-state index contributed by atoms with van der Waals surface area (Å²) in [7, 11) is 0. The Morgan fingerprint density at radius 2 is 1.38 bits per heavy atom. The Kier molecular flexibility index (Phi) is 12.2. The van der Waals surface area contributed by atoms with E-state index in [4.69, 9.17) is 11.5 Å². The van der Waals surface area contributed by atoms with Crippen molar-refractivity contribution >= 4 is 54.9 Å². The van der Waals surface area contributed by atoms with Gasteiger partial charge in [0.15, 0.2) is 0 Å². The summed E-state index contributed by atoms with van der Waals surface area (Å²) in [5.74, 6) is -4.46. The molecule has 4 unspecified atom stereocenters. The van der Waals surface area contributed by atoms with Crippen molar-refractivity contribution < 1.29 is 34.2 Å². The number of nitrogens with two attached hydrogens (primary N) is 2. The lowest BCUT2D eigenvalue weighted by Crippen LogP contribution is -2.58. The molecule has 0 aliphatic heterocycles. The summed E-state index contributed by atoms with van der Waals surface area (Å²) in [6.07, 6.45) is -0.576. The molecule has 0 aliphatic carbocycles. The van der Waals surface area contributed by atoms with E-state index in [0.29, 0.717) is 5.56 Å². The van der Waals surface area contributed by atoms with Crippen LogP contribution in [0.1, 0.15) is 18.4 Å². The number of aromatic hydroxyl groups is 1. The number of phenols is 1. The zero-order valence-electron chi connectivity index (χ0n) is 18.1. The summed E-state index contributed by atoms with van der Waals surface area (Å²) >= 11 is 7.94.